The predicted molar refractivity (Wildman–Crippen MR) is 118 cm³/mol. The van der Waals surface area contributed by atoms with Crippen LogP contribution >= 0.6 is 0 Å². The summed E-state index contributed by atoms with van der Waals surface area (Å²) < 4.78 is 6.80. The maximum atomic E-state index is 2.32. The molecule has 3 nitrogen and oxygen atoms in total. The molecule has 3 aromatic carbocycles. The molecule has 0 bridgehead atoms. The molecule has 29 heavy (non-hydrogen) atoms. The van der Waals surface area contributed by atoms with E-state index in [1.165, 1.54) is 49.9 Å². The van der Waals surface area contributed by atoms with Crippen molar-refractivity contribution in [2.45, 2.75) is 20.8 Å². The van der Waals surface area contributed by atoms with Gasteiger partial charge >= 0.3 is 0 Å². The highest BCUT2D eigenvalue weighted by atomic mass is 15.4. The molecule has 0 atom stereocenters. The fourth-order valence-corrected chi connectivity index (χ4v) is 4.36. The number of rotatable bonds is 2. The van der Waals surface area contributed by atoms with Crippen molar-refractivity contribution in [3.05, 3.63) is 95.9 Å². The smallest absolute Gasteiger partial charge is 0.164 e. The van der Waals surface area contributed by atoms with Crippen molar-refractivity contribution in [3.63, 3.8) is 0 Å². The van der Waals surface area contributed by atoms with Crippen molar-refractivity contribution in [1.29, 1.82) is 0 Å². The van der Waals surface area contributed by atoms with Crippen molar-refractivity contribution in [2.75, 3.05) is 0 Å². The number of fused-ring (bicyclic) bond motifs is 2. The van der Waals surface area contributed by atoms with Crippen molar-refractivity contribution in [1.82, 2.24) is 4.68 Å². The molecule has 0 saturated heterocycles. The third-order valence-electron chi connectivity index (χ3n) is 5.80. The first kappa shape index (κ1) is 17.6. The van der Waals surface area contributed by atoms with Gasteiger partial charge in [0.25, 0.3) is 0 Å². The number of hydrogen-bond acceptors (Lipinski definition) is 0. The Bertz CT molecular complexity index is 1390. The lowest BCUT2D eigenvalue weighted by Gasteiger charge is -2.11. The summed E-state index contributed by atoms with van der Waals surface area (Å²) in [5, 5.41) is 3.76. The molecule has 0 aliphatic rings. The van der Waals surface area contributed by atoms with Crippen LogP contribution in [0.25, 0.3) is 33.1 Å². The Kier molecular flexibility index (Phi) is 3.99. The second-order valence-corrected chi connectivity index (χ2v) is 7.92. The first-order valence-corrected chi connectivity index (χ1v) is 10.0. The molecule has 0 amide bonds. The van der Waals surface area contributed by atoms with E-state index in [0.29, 0.717) is 0 Å². The van der Waals surface area contributed by atoms with Crippen LogP contribution in [0.15, 0.2) is 79.1 Å². The Hall–Kier alpha value is -3.46. The minimum absolute atomic E-state index is 1.21. The molecule has 2 aromatic heterocycles. The molecule has 0 aliphatic heterocycles. The van der Waals surface area contributed by atoms with E-state index in [1.807, 2.05) is 0 Å². The monoisotopic (exact) mass is 379 g/mol. The molecule has 5 aromatic rings. The molecule has 0 unspecified atom stereocenters. The van der Waals surface area contributed by atoms with Crippen molar-refractivity contribution in [3.8, 4) is 11.4 Å². The molecular weight excluding hydrogens is 354 g/mol. The number of benzene rings is 3. The largest absolute Gasteiger partial charge is 0.216 e. The van der Waals surface area contributed by atoms with Crippen LogP contribution in [0.1, 0.15) is 16.8 Å². The van der Waals surface area contributed by atoms with E-state index in [-0.39, 0.29) is 0 Å². The van der Waals surface area contributed by atoms with E-state index < -0.39 is 0 Å². The highest BCUT2D eigenvalue weighted by Crippen LogP contribution is 2.25. The van der Waals surface area contributed by atoms with E-state index in [4.69, 9.17) is 0 Å². The standard InChI is InChI=1S/C26H25N3/c1-18-13-25(28-17-22-10-6-5-9-21(22)15-19(28)2)20(3)26(14-18)29-24-12-8-7-11-23(24)16-27(29)4/h5-17H,1-4H3/q+2. The van der Waals surface area contributed by atoms with Crippen LogP contribution in [-0.2, 0) is 7.05 Å². The van der Waals surface area contributed by atoms with Gasteiger partial charge in [-0.15, -0.1) is 9.36 Å². The Balaban J connectivity index is 1.80. The lowest BCUT2D eigenvalue weighted by atomic mass is 10.1. The van der Waals surface area contributed by atoms with E-state index in [9.17, 15) is 0 Å². The van der Waals surface area contributed by atoms with Crippen LogP contribution in [0.4, 0.5) is 0 Å². The van der Waals surface area contributed by atoms with E-state index >= 15 is 0 Å². The first-order chi connectivity index (χ1) is 14.0. The van der Waals surface area contributed by atoms with Crippen LogP contribution in [0.5, 0.6) is 0 Å². The third kappa shape index (κ3) is 2.82. The molecule has 5 rings (SSSR count). The summed E-state index contributed by atoms with van der Waals surface area (Å²) in [6, 6.07) is 23.9. The number of nitrogens with zero attached hydrogens (tertiary/aromatic N) is 3. The molecule has 0 N–H and O–H groups in total. The molecular formula is C26H25N3+2. The maximum Gasteiger partial charge on any atom is 0.216 e. The van der Waals surface area contributed by atoms with E-state index in [1.54, 1.807) is 0 Å². The van der Waals surface area contributed by atoms with Gasteiger partial charge in [0.1, 0.15) is 11.2 Å². The molecule has 0 spiro atoms. The summed E-state index contributed by atoms with van der Waals surface area (Å²) in [6.07, 6.45) is 4.44. The minimum Gasteiger partial charge on any atom is -0.164 e. The van der Waals surface area contributed by atoms with Crippen molar-refractivity contribution in [2.24, 2.45) is 7.05 Å². The second-order valence-electron chi connectivity index (χ2n) is 7.92. The molecule has 0 aliphatic carbocycles. The number of hydrogen-bond donors (Lipinski definition) is 0. The summed E-state index contributed by atoms with van der Waals surface area (Å²) in [7, 11) is 2.11. The summed E-state index contributed by atoms with van der Waals surface area (Å²) >= 11 is 0. The van der Waals surface area contributed by atoms with Gasteiger partial charge in [-0.25, -0.2) is 0 Å². The van der Waals surface area contributed by atoms with Gasteiger partial charge in [-0.2, -0.15) is 4.57 Å². The number of para-hydroxylation sites is 1. The van der Waals surface area contributed by atoms with E-state index in [2.05, 4.69) is 121 Å². The van der Waals surface area contributed by atoms with Crippen LogP contribution in [-0.4, -0.2) is 4.68 Å². The van der Waals surface area contributed by atoms with Crippen LogP contribution < -0.4 is 9.25 Å². The third-order valence-corrected chi connectivity index (χ3v) is 5.80. The quantitative estimate of drug-likeness (QED) is 0.391. The summed E-state index contributed by atoms with van der Waals surface area (Å²) in [5.41, 5.74) is 7.39. The number of aromatic nitrogens is 3. The fourth-order valence-electron chi connectivity index (χ4n) is 4.36. The molecule has 2 heterocycles. The fraction of sp³-hybridized carbons (Fsp3) is 0.154. The predicted octanol–water partition coefficient (Wildman–Crippen LogP) is 4.81. The lowest BCUT2D eigenvalue weighted by Crippen LogP contribution is -2.39. The number of pyridine rings is 1. The SMILES string of the molecule is Cc1cc(-n2c3ccccc3c[n+]2C)c(C)c(-[n+]2cc3ccccc3cc2C)c1. The molecule has 0 fully saturated rings. The Labute approximate surface area is 171 Å². The zero-order valence-electron chi connectivity index (χ0n) is 17.3. The van der Waals surface area contributed by atoms with Crippen LogP contribution in [0.3, 0.4) is 0 Å². The zero-order chi connectivity index (χ0) is 20.1. The highest BCUT2D eigenvalue weighted by molar-refractivity contribution is 5.81. The average Bonchev–Trinajstić information content (AvgIpc) is 3.04. The Morgan fingerprint density at radius 3 is 2.21 bits per heavy atom. The second kappa shape index (κ2) is 6.56. The average molecular weight is 380 g/mol. The zero-order valence-corrected chi connectivity index (χ0v) is 17.3. The van der Waals surface area contributed by atoms with Crippen molar-refractivity contribution >= 4 is 21.7 Å². The summed E-state index contributed by atoms with van der Waals surface area (Å²) in [5.74, 6) is 0. The van der Waals surface area contributed by atoms with Gasteiger partial charge in [-0.05, 0) is 49.1 Å². The topological polar surface area (TPSA) is 12.7 Å². The Morgan fingerprint density at radius 1 is 0.724 bits per heavy atom. The van der Waals surface area contributed by atoms with Crippen LogP contribution in [0, 0.1) is 20.8 Å². The van der Waals surface area contributed by atoms with Crippen LogP contribution in [0.2, 0.25) is 0 Å². The molecule has 0 saturated carbocycles. The van der Waals surface area contributed by atoms with Gasteiger partial charge in [-0.3, -0.25) is 0 Å². The normalized spacial score (nSPS) is 11.4. The number of aryl methyl sites for hydroxylation is 3. The first-order valence-electron chi connectivity index (χ1n) is 10.0. The summed E-state index contributed by atoms with van der Waals surface area (Å²) in [4.78, 5) is 0. The summed E-state index contributed by atoms with van der Waals surface area (Å²) in [6.45, 7) is 6.58. The lowest BCUT2D eigenvalue weighted by molar-refractivity contribution is -0.742. The molecule has 3 heteroatoms. The van der Waals surface area contributed by atoms with Crippen molar-refractivity contribution < 1.29 is 9.25 Å². The van der Waals surface area contributed by atoms with Gasteiger partial charge in [0.15, 0.2) is 18.9 Å². The van der Waals surface area contributed by atoms with Gasteiger partial charge in [0.2, 0.25) is 11.9 Å². The highest BCUT2D eigenvalue weighted by Gasteiger charge is 2.23. The van der Waals surface area contributed by atoms with Gasteiger partial charge in [0.05, 0.1) is 10.9 Å². The van der Waals surface area contributed by atoms with Gasteiger partial charge in [-0.1, -0.05) is 30.3 Å². The molecule has 0 radical (unpaired) electrons. The molecule has 142 valence electrons. The van der Waals surface area contributed by atoms with E-state index in [0.717, 1.165) is 0 Å². The minimum atomic E-state index is 1.21. The maximum absolute atomic E-state index is 2.32. The van der Waals surface area contributed by atoms with Gasteiger partial charge < -0.3 is 0 Å². The Morgan fingerprint density at radius 2 is 1.41 bits per heavy atom. The van der Waals surface area contributed by atoms with Gasteiger partial charge in [0, 0.05) is 24.4 Å².